The molecule has 19 heavy (non-hydrogen) atoms. The van der Waals surface area contributed by atoms with Crippen molar-refractivity contribution in [3.8, 4) is 11.5 Å². The summed E-state index contributed by atoms with van der Waals surface area (Å²) in [6.45, 7) is 8.39. The van der Waals surface area contributed by atoms with Crippen molar-refractivity contribution in [1.29, 1.82) is 0 Å². The van der Waals surface area contributed by atoms with E-state index < -0.39 is 0 Å². The molecular formula is C14H17BrN2O2. The molecule has 5 heteroatoms. The van der Waals surface area contributed by atoms with Gasteiger partial charge in [0.05, 0.1) is 6.04 Å². The molecule has 1 atom stereocenters. The van der Waals surface area contributed by atoms with Gasteiger partial charge in [0.15, 0.2) is 11.5 Å². The first-order valence-electron chi connectivity index (χ1n) is 6.46. The van der Waals surface area contributed by atoms with Crippen LogP contribution in [0.1, 0.15) is 11.6 Å². The average Bonchev–Trinajstić information content (AvgIpc) is 2.88. The number of ether oxygens (including phenoxy) is 2. The SMILES string of the molecule is C=C[C@H](c1cc2c(cc1Br)OCO2)N1CCNCC1. The van der Waals surface area contributed by atoms with Crippen molar-refractivity contribution in [2.24, 2.45) is 0 Å². The summed E-state index contributed by atoms with van der Waals surface area (Å²) in [5.74, 6) is 1.62. The Morgan fingerprint density at radius 2 is 1.95 bits per heavy atom. The van der Waals surface area contributed by atoms with Crippen LogP contribution in [-0.2, 0) is 0 Å². The number of piperazine rings is 1. The molecule has 1 aromatic carbocycles. The van der Waals surface area contributed by atoms with Crippen molar-refractivity contribution in [1.82, 2.24) is 10.2 Å². The van der Waals surface area contributed by atoms with Crippen LogP contribution in [0.5, 0.6) is 11.5 Å². The van der Waals surface area contributed by atoms with E-state index in [1.165, 1.54) is 5.56 Å². The van der Waals surface area contributed by atoms with E-state index in [2.05, 4.69) is 38.8 Å². The van der Waals surface area contributed by atoms with Gasteiger partial charge in [-0.05, 0) is 17.7 Å². The molecule has 0 spiro atoms. The van der Waals surface area contributed by atoms with Gasteiger partial charge < -0.3 is 14.8 Å². The summed E-state index contributed by atoms with van der Waals surface area (Å²) in [5.41, 5.74) is 1.18. The van der Waals surface area contributed by atoms with Gasteiger partial charge in [0.25, 0.3) is 0 Å². The fourth-order valence-electron chi connectivity index (χ4n) is 2.59. The molecule has 0 aliphatic carbocycles. The minimum Gasteiger partial charge on any atom is -0.454 e. The minimum atomic E-state index is 0.200. The topological polar surface area (TPSA) is 33.7 Å². The number of hydrogen-bond donors (Lipinski definition) is 1. The van der Waals surface area contributed by atoms with Gasteiger partial charge in [-0.2, -0.15) is 0 Å². The molecule has 0 amide bonds. The molecule has 2 aliphatic rings. The molecule has 0 unspecified atom stereocenters. The number of hydrogen-bond acceptors (Lipinski definition) is 4. The van der Waals surface area contributed by atoms with Crippen LogP contribution >= 0.6 is 15.9 Å². The molecule has 0 bridgehead atoms. The summed E-state index contributed by atoms with van der Waals surface area (Å²) in [4.78, 5) is 2.42. The van der Waals surface area contributed by atoms with Crippen molar-refractivity contribution in [3.05, 3.63) is 34.8 Å². The molecule has 3 rings (SSSR count). The van der Waals surface area contributed by atoms with Gasteiger partial charge in [-0.25, -0.2) is 0 Å². The first kappa shape index (κ1) is 13.0. The highest BCUT2D eigenvalue weighted by atomic mass is 79.9. The van der Waals surface area contributed by atoms with Crippen LogP contribution < -0.4 is 14.8 Å². The first-order valence-corrected chi connectivity index (χ1v) is 7.25. The second-order valence-electron chi connectivity index (χ2n) is 4.69. The van der Waals surface area contributed by atoms with Crippen LogP contribution in [0.15, 0.2) is 29.3 Å². The average molecular weight is 325 g/mol. The number of nitrogens with one attached hydrogen (secondary N) is 1. The lowest BCUT2D eigenvalue weighted by atomic mass is 10.0. The zero-order valence-electron chi connectivity index (χ0n) is 10.7. The van der Waals surface area contributed by atoms with Crippen LogP contribution in [0.2, 0.25) is 0 Å². The van der Waals surface area contributed by atoms with Crippen LogP contribution in [0, 0.1) is 0 Å². The Morgan fingerprint density at radius 1 is 1.26 bits per heavy atom. The van der Waals surface area contributed by atoms with E-state index in [1.807, 2.05) is 12.1 Å². The molecule has 1 N–H and O–H groups in total. The summed E-state index contributed by atoms with van der Waals surface area (Å²) in [6, 6.07) is 4.24. The Hall–Kier alpha value is -1.04. The highest BCUT2D eigenvalue weighted by Crippen LogP contribution is 2.40. The van der Waals surface area contributed by atoms with E-state index in [-0.39, 0.29) is 6.04 Å². The van der Waals surface area contributed by atoms with Crippen molar-refractivity contribution < 1.29 is 9.47 Å². The fraction of sp³-hybridized carbons (Fsp3) is 0.429. The molecular weight excluding hydrogens is 308 g/mol. The van der Waals surface area contributed by atoms with Gasteiger partial charge >= 0.3 is 0 Å². The van der Waals surface area contributed by atoms with Gasteiger partial charge in [-0.15, -0.1) is 6.58 Å². The number of rotatable bonds is 3. The van der Waals surface area contributed by atoms with Crippen LogP contribution in [-0.4, -0.2) is 37.9 Å². The van der Waals surface area contributed by atoms with E-state index in [4.69, 9.17) is 9.47 Å². The number of fused-ring (bicyclic) bond motifs is 1. The Balaban J connectivity index is 1.92. The molecule has 102 valence electrons. The summed E-state index contributed by atoms with van der Waals surface area (Å²) < 4.78 is 11.9. The van der Waals surface area contributed by atoms with E-state index in [9.17, 15) is 0 Å². The summed E-state index contributed by atoms with van der Waals surface area (Å²) >= 11 is 3.63. The zero-order valence-corrected chi connectivity index (χ0v) is 12.3. The third-order valence-corrected chi connectivity index (χ3v) is 4.27. The summed E-state index contributed by atoms with van der Waals surface area (Å²) in [5, 5.41) is 3.37. The van der Waals surface area contributed by atoms with Crippen molar-refractivity contribution >= 4 is 15.9 Å². The zero-order chi connectivity index (χ0) is 13.2. The predicted molar refractivity (Wildman–Crippen MR) is 77.6 cm³/mol. The fourth-order valence-corrected chi connectivity index (χ4v) is 3.15. The Labute approximate surface area is 121 Å². The summed E-state index contributed by atoms with van der Waals surface area (Å²) in [7, 11) is 0. The lowest BCUT2D eigenvalue weighted by Crippen LogP contribution is -2.44. The molecule has 0 saturated carbocycles. The standard InChI is InChI=1S/C14H17BrN2O2/c1-2-12(17-5-3-16-4-6-17)10-7-13-14(8-11(10)15)19-9-18-13/h2,7-8,12,16H,1,3-6,9H2/t12-/m1/s1. The normalized spacial score (nSPS) is 20.3. The van der Waals surface area contributed by atoms with E-state index in [0.717, 1.165) is 42.2 Å². The number of halogens is 1. The largest absolute Gasteiger partial charge is 0.454 e. The third kappa shape index (κ3) is 2.50. The molecule has 0 radical (unpaired) electrons. The van der Waals surface area contributed by atoms with Crippen LogP contribution in [0.25, 0.3) is 0 Å². The van der Waals surface area contributed by atoms with Crippen molar-refractivity contribution in [2.75, 3.05) is 33.0 Å². The monoisotopic (exact) mass is 324 g/mol. The molecule has 1 aromatic rings. The van der Waals surface area contributed by atoms with Crippen LogP contribution in [0.3, 0.4) is 0 Å². The molecule has 0 aromatic heterocycles. The van der Waals surface area contributed by atoms with Gasteiger partial charge in [0.2, 0.25) is 6.79 Å². The van der Waals surface area contributed by atoms with Gasteiger partial charge in [0.1, 0.15) is 0 Å². The second kappa shape index (κ2) is 5.53. The molecule has 2 heterocycles. The molecule has 1 fully saturated rings. The van der Waals surface area contributed by atoms with E-state index in [1.54, 1.807) is 0 Å². The molecule has 1 saturated heterocycles. The van der Waals surface area contributed by atoms with Crippen molar-refractivity contribution in [2.45, 2.75) is 6.04 Å². The van der Waals surface area contributed by atoms with E-state index >= 15 is 0 Å². The van der Waals surface area contributed by atoms with Gasteiger partial charge in [-0.3, -0.25) is 4.90 Å². The predicted octanol–water partition coefficient (Wildman–Crippen LogP) is 2.31. The second-order valence-corrected chi connectivity index (χ2v) is 5.55. The highest BCUT2D eigenvalue weighted by molar-refractivity contribution is 9.10. The molecule has 2 aliphatic heterocycles. The maximum absolute atomic E-state index is 5.47. The van der Waals surface area contributed by atoms with Crippen LogP contribution in [0.4, 0.5) is 0 Å². The smallest absolute Gasteiger partial charge is 0.231 e. The Kier molecular flexibility index (Phi) is 3.77. The summed E-state index contributed by atoms with van der Waals surface area (Å²) in [6.07, 6.45) is 1.99. The number of nitrogens with zero attached hydrogens (tertiary/aromatic N) is 1. The lowest BCUT2D eigenvalue weighted by molar-refractivity contribution is 0.173. The lowest BCUT2D eigenvalue weighted by Gasteiger charge is -2.34. The van der Waals surface area contributed by atoms with E-state index in [0.29, 0.717) is 6.79 Å². The Bertz CT molecular complexity index is 487. The highest BCUT2D eigenvalue weighted by Gasteiger charge is 2.24. The minimum absolute atomic E-state index is 0.200. The first-order chi connectivity index (χ1) is 9.29. The quantitative estimate of drug-likeness (QED) is 0.865. The van der Waals surface area contributed by atoms with Gasteiger partial charge in [0, 0.05) is 30.7 Å². The van der Waals surface area contributed by atoms with Gasteiger partial charge in [-0.1, -0.05) is 22.0 Å². The third-order valence-electron chi connectivity index (χ3n) is 3.58. The maximum Gasteiger partial charge on any atom is 0.231 e. The molecule has 4 nitrogen and oxygen atoms in total. The number of benzene rings is 1. The maximum atomic E-state index is 5.47. The van der Waals surface area contributed by atoms with Crippen molar-refractivity contribution in [3.63, 3.8) is 0 Å². The Morgan fingerprint density at radius 3 is 2.63 bits per heavy atom.